The molecule has 152 valence electrons. The van der Waals surface area contributed by atoms with Crippen LogP contribution in [-0.4, -0.2) is 33.1 Å². The number of aromatic nitrogens is 2. The number of rotatable bonds is 8. The number of benzene rings is 1. The summed E-state index contributed by atoms with van der Waals surface area (Å²) in [7, 11) is 0. The number of amides is 2. The summed E-state index contributed by atoms with van der Waals surface area (Å²) in [5, 5.41) is 14.1. The standard InChI is InChI=1S/C23H22N4O3/c28-22(21(27-23(29)30)9-8-17-4-2-1-3-5-17)26-20-14-19(15-25-16-20)7-6-18-10-12-24-13-11-18/h1-7,10-16,21,27H,8-9H2,(H,26,28)(H,29,30). The van der Waals surface area contributed by atoms with Gasteiger partial charge in [-0.05, 0) is 47.7 Å². The fraction of sp³-hybridized carbons (Fsp3) is 0.130. The normalized spacial score (nSPS) is 11.7. The quantitative estimate of drug-likeness (QED) is 0.531. The summed E-state index contributed by atoms with van der Waals surface area (Å²) < 4.78 is 0. The zero-order valence-electron chi connectivity index (χ0n) is 16.2. The molecule has 0 aliphatic carbocycles. The summed E-state index contributed by atoms with van der Waals surface area (Å²) in [6.07, 6.45) is 10.1. The molecular formula is C23H22N4O3. The van der Waals surface area contributed by atoms with E-state index in [2.05, 4.69) is 20.6 Å². The number of carboxylic acid groups (broad SMARTS) is 1. The van der Waals surface area contributed by atoms with E-state index in [-0.39, 0.29) is 0 Å². The summed E-state index contributed by atoms with van der Waals surface area (Å²) in [6.45, 7) is 0. The predicted molar refractivity (Wildman–Crippen MR) is 116 cm³/mol. The van der Waals surface area contributed by atoms with E-state index in [0.717, 1.165) is 16.7 Å². The minimum Gasteiger partial charge on any atom is -0.465 e. The van der Waals surface area contributed by atoms with Crippen molar-refractivity contribution < 1.29 is 14.7 Å². The molecule has 0 saturated heterocycles. The molecule has 7 heteroatoms. The summed E-state index contributed by atoms with van der Waals surface area (Å²) in [5.74, 6) is -0.426. The molecule has 0 aliphatic heterocycles. The van der Waals surface area contributed by atoms with Gasteiger partial charge in [-0.2, -0.15) is 0 Å². The third-order valence-corrected chi connectivity index (χ3v) is 4.38. The van der Waals surface area contributed by atoms with Crippen LogP contribution in [0.2, 0.25) is 0 Å². The number of pyridine rings is 2. The van der Waals surface area contributed by atoms with Gasteiger partial charge in [0.2, 0.25) is 5.91 Å². The summed E-state index contributed by atoms with van der Waals surface area (Å²) >= 11 is 0. The molecule has 0 radical (unpaired) electrons. The number of nitrogens with one attached hydrogen (secondary N) is 2. The highest BCUT2D eigenvalue weighted by molar-refractivity contribution is 5.96. The van der Waals surface area contributed by atoms with E-state index in [4.69, 9.17) is 5.11 Å². The first kappa shape index (κ1) is 20.7. The second kappa shape index (κ2) is 10.5. The van der Waals surface area contributed by atoms with E-state index >= 15 is 0 Å². The highest BCUT2D eigenvalue weighted by atomic mass is 16.4. The number of hydrogen-bond acceptors (Lipinski definition) is 4. The summed E-state index contributed by atoms with van der Waals surface area (Å²) in [6, 6.07) is 14.3. The van der Waals surface area contributed by atoms with Gasteiger partial charge in [0.1, 0.15) is 6.04 Å². The van der Waals surface area contributed by atoms with Crippen molar-refractivity contribution in [2.45, 2.75) is 18.9 Å². The number of nitrogens with zero attached hydrogens (tertiary/aromatic N) is 2. The lowest BCUT2D eigenvalue weighted by atomic mass is 10.0. The van der Waals surface area contributed by atoms with Gasteiger partial charge in [-0.15, -0.1) is 0 Å². The van der Waals surface area contributed by atoms with Crippen LogP contribution in [0.25, 0.3) is 12.2 Å². The van der Waals surface area contributed by atoms with Crippen LogP contribution in [0.15, 0.2) is 73.3 Å². The zero-order valence-corrected chi connectivity index (χ0v) is 16.2. The van der Waals surface area contributed by atoms with Crippen molar-refractivity contribution >= 4 is 29.8 Å². The average molecular weight is 402 g/mol. The Morgan fingerprint density at radius 3 is 2.43 bits per heavy atom. The van der Waals surface area contributed by atoms with Gasteiger partial charge in [-0.3, -0.25) is 14.8 Å². The highest BCUT2D eigenvalue weighted by Gasteiger charge is 2.20. The lowest BCUT2D eigenvalue weighted by Crippen LogP contribution is -2.43. The van der Waals surface area contributed by atoms with E-state index in [9.17, 15) is 9.59 Å². The van der Waals surface area contributed by atoms with Gasteiger partial charge in [-0.25, -0.2) is 4.79 Å². The molecule has 3 aromatic rings. The molecule has 2 amide bonds. The van der Waals surface area contributed by atoms with Crippen molar-refractivity contribution in [3.8, 4) is 0 Å². The Morgan fingerprint density at radius 1 is 0.967 bits per heavy atom. The van der Waals surface area contributed by atoms with Gasteiger partial charge in [0, 0.05) is 18.6 Å². The van der Waals surface area contributed by atoms with Crippen LogP contribution in [0.3, 0.4) is 0 Å². The first-order chi connectivity index (χ1) is 14.6. The van der Waals surface area contributed by atoms with E-state index in [1.54, 1.807) is 24.7 Å². The largest absolute Gasteiger partial charge is 0.465 e. The fourth-order valence-electron chi connectivity index (χ4n) is 2.89. The molecule has 1 unspecified atom stereocenters. The molecule has 0 bridgehead atoms. The van der Waals surface area contributed by atoms with Gasteiger partial charge < -0.3 is 15.7 Å². The number of carbonyl (C=O) groups is 2. The van der Waals surface area contributed by atoms with E-state index in [0.29, 0.717) is 18.5 Å². The Balaban J connectivity index is 1.65. The molecule has 7 nitrogen and oxygen atoms in total. The Morgan fingerprint density at radius 2 is 1.70 bits per heavy atom. The van der Waals surface area contributed by atoms with Gasteiger partial charge >= 0.3 is 6.09 Å². The lowest BCUT2D eigenvalue weighted by molar-refractivity contribution is -0.118. The lowest BCUT2D eigenvalue weighted by Gasteiger charge is -2.17. The molecule has 0 saturated carbocycles. The smallest absolute Gasteiger partial charge is 0.405 e. The first-order valence-electron chi connectivity index (χ1n) is 9.47. The second-order valence-electron chi connectivity index (χ2n) is 6.64. The van der Waals surface area contributed by atoms with Crippen LogP contribution in [0.4, 0.5) is 10.5 Å². The van der Waals surface area contributed by atoms with Crippen LogP contribution in [0, 0.1) is 0 Å². The SMILES string of the molecule is O=C(O)NC(CCc1ccccc1)C(=O)Nc1cncc(C=Cc2ccncc2)c1. The number of carbonyl (C=O) groups excluding carboxylic acids is 1. The van der Waals surface area contributed by atoms with Crippen molar-refractivity contribution in [2.75, 3.05) is 5.32 Å². The van der Waals surface area contributed by atoms with Gasteiger partial charge in [-0.1, -0.05) is 42.5 Å². The maximum atomic E-state index is 12.7. The minimum atomic E-state index is -1.24. The maximum absolute atomic E-state index is 12.7. The second-order valence-corrected chi connectivity index (χ2v) is 6.64. The predicted octanol–water partition coefficient (Wildman–Crippen LogP) is 3.85. The van der Waals surface area contributed by atoms with Crippen LogP contribution in [0.1, 0.15) is 23.1 Å². The molecule has 3 rings (SSSR count). The third kappa shape index (κ3) is 6.56. The van der Waals surface area contributed by atoms with Crippen molar-refractivity contribution in [3.05, 3.63) is 90.0 Å². The fourth-order valence-corrected chi connectivity index (χ4v) is 2.89. The van der Waals surface area contributed by atoms with Crippen molar-refractivity contribution in [3.63, 3.8) is 0 Å². The summed E-state index contributed by atoms with van der Waals surface area (Å²) in [4.78, 5) is 31.9. The van der Waals surface area contributed by atoms with Crippen LogP contribution in [0.5, 0.6) is 0 Å². The summed E-state index contributed by atoms with van der Waals surface area (Å²) in [5.41, 5.74) is 3.32. The Hall–Kier alpha value is -4.00. The Kier molecular flexibility index (Phi) is 7.27. The van der Waals surface area contributed by atoms with E-state index in [1.807, 2.05) is 54.6 Å². The number of hydrogen-bond donors (Lipinski definition) is 3. The van der Waals surface area contributed by atoms with Crippen molar-refractivity contribution in [2.24, 2.45) is 0 Å². The zero-order chi connectivity index (χ0) is 21.2. The number of aryl methyl sites for hydroxylation is 1. The van der Waals surface area contributed by atoms with Gasteiger partial charge in [0.25, 0.3) is 0 Å². The molecule has 0 spiro atoms. The monoisotopic (exact) mass is 402 g/mol. The third-order valence-electron chi connectivity index (χ3n) is 4.38. The molecule has 0 fully saturated rings. The molecular weight excluding hydrogens is 380 g/mol. The van der Waals surface area contributed by atoms with Crippen molar-refractivity contribution in [1.82, 2.24) is 15.3 Å². The topological polar surface area (TPSA) is 104 Å². The molecule has 2 aromatic heterocycles. The molecule has 0 aliphatic rings. The molecule has 2 heterocycles. The first-order valence-corrected chi connectivity index (χ1v) is 9.47. The molecule has 1 aromatic carbocycles. The van der Waals surface area contributed by atoms with Crippen LogP contribution >= 0.6 is 0 Å². The van der Waals surface area contributed by atoms with E-state index in [1.165, 1.54) is 6.20 Å². The van der Waals surface area contributed by atoms with Crippen LogP contribution < -0.4 is 10.6 Å². The Labute approximate surface area is 174 Å². The maximum Gasteiger partial charge on any atom is 0.405 e. The number of anilines is 1. The van der Waals surface area contributed by atoms with Crippen LogP contribution in [-0.2, 0) is 11.2 Å². The van der Waals surface area contributed by atoms with Gasteiger partial charge in [0.15, 0.2) is 0 Å². The Bertz CT molecular complexity index is 1010. The molecule has 1 atom stereocenters. The van der Waals surface area contributed by atoms with Gasteiger partial charge in [0.05, 0.1) is 11.9 Å². The molecule has 3 N–H and O–H groups in total. The van der Waals surface area contributed by atoms with Crippen molar-refractivity contribution in [1.29, 1.82) is 0 Å². The highest BCUT2D eigenvalue weighted by Crippen LogP contribution is 2.13. The average Bonchev–Trinajstić information content (AvgIpc) is 2.76. The van der Waals surface area contributed by atoms with E-state index < -0.39 is 18.0 Å². The minimum absolute atomic E-state index is 0.344. The molecule has 30 heavy (non-hydrogen) atoms.